The Hall–Kier alpha value is -2.84. The Morgan fingerprint density at radius 1 is 1.43 bits per heavy atom. The number of nitrogens with zero attached hydrogens (tertiary/aromatic N) is 1. The molecule has 5 nitrogen and oxygen atoms in total. The van der Waals surface area contributed by atoms with Gasteiger partial charge in [0.1, 0.15) is 11.9 Å². The fourth-order valence-corrected chi connectivity index (χ4v) is 2.17. The molecule has 1 amide bonds. The number of nitriles is 1. The van der Waals surface area contributed by atoms with Crippen LogP contribution in [-0.4, -0.2) is 17.1 Å². The number of aliphatic hydroxyl groups is 1. The summed E-state index contributed by atoms with van der Waals surface area (Å²) in [6.45, 7) is 1.81. The van der Waals surface area contributed by atoms with Crippen LogP contribution in [0.1, 0.15) is 36.3 Å². The van der Waals surface area contributed by atoms with E-state index in [1.54, 1.807) is 36.4 Å². The van der Waals surface area contributed by atoms with Crippen LogP contribution in [0.15, 0.2) is 53.2 Å². The standard InChI is InChI=1S/C18H18N2O3/c1-13(10-16(21)17-6-3-9-23-17)20-18(22)8-7-14-4-2-5-15(11-14)12-19/h2-9,11,13,16,21H,10H2,1H3,(H,20,22)/b8-7+. The van der Waals surface area contributed by atoms with Gasteiger partial charge in [-0.15, -0.1) is 0 Å². The molecule has 0 fully saturated rings. The Balaban J connectivity index is 1.86. The number of amides is 1. The summed E-state index contributed by atoms with van der Waals surface area (Å²) in [6.07, 6.45) is 4.16. The quantitative estimate of drug-likeness (QED) is 0.803. The fourth-order valence-electron chi connectivity index (χ4n) is 2.17. The Morgan fingerprint density at radius 3 is 2.96 bits per heavy atom. The van der Waals surface area contributed by atoms with E-state index in [0.29, 0.717) is 17.7 Å². The van der Waals surface area contributed by atoms with Crippen molar-refractivity contribution in [1.29, 1.82) is 5.26 Å². The third-order valence-corrected chi connectivity index (χ3v) is 3.28. The summed E-state index contributed by atoms with van der Waals surface area (Å²) >= 11 is 0. The third kappa shape index (κ3) is 5.13. The molecule has 0 saturated carbocycles. The molecule has 2 N–H and O–H groups in total. The molecular weight excluding hydrogens is 292 g/mol. The molecule has 0 radical (unpaired) electrons. The van der Waals surface area contributed by atoms with Crippen molar-refractivity contribution < 1.29 is 14.3 Å². The first-order valence-electron chi connectivity index (χ1n) is 7.28. The first-order chi connectivity index (χ1) is 11.1. The number of furan rings is 1. The Labute approximate surface area is 134 Å². The monoisotopic (exact) mass is 310 g/mol. The Bertz CT molecular complexity index is 714. The number of carbonyl (C=O) groups is 1. The highest BCUT2D eigenvalue weighted by molar-refractivity contribution is 5.91. The summed E-state index contributed by atoms with van der Waals surface area (Å²) in [5.41, 5.74) is 1.32. The van der Waals surface area contributed by atoms with E-state index in [2.05, 4.69) is 11.4 Å². The van der Waals surface area contributed by atoms with Gasteiger partial charge in [0.2, 0.25) is 5.91 Å². The maximum atomic E-state index is 11.9. The van der Waals surface area contributed by atoms with Crippen LogP contribution in [-0.2, 0) is 4.79 Å². The normalized spacial score (nSPS) is 13.4. The lowest BCUT2D eigenvalue weighted by atomic mass is 10.1. The minimum atomic E-state index is -0.753. The van der Waals surface area contributed by atoms with Gasteiger partial charge in [-0.3, -0.25) is 4.79 Å². The van der Waals surface area contributed by atoms with E-state index in [1.165, 1.54) is 12.3 Å². The topological polar surface area (TPSA) is 86.3 Å². The van der Waals surface area contributed by atoms with Crippen molar-refractivity contribution in [2.45, 2.75) is 25.5 Å². The van der Waals surface area contributed by atoms with Gasteiger partial charge >= 0.3 is 0 Å². The van der Waals surface area contributed by atoms with Gasteiger partial charge in [0, 0.05) is 18.5 Å². The van der Waals surface area contributed by atoms with Gasteiger partial charge in [-0.2, -0.15) is 5.26 Å². The molecule has 2 rings (SSSR count). The molecule has 23 heavy (non-hydrogen) atoms. The van der Waals surface area contributed by atoms with Gasteiger partial charge in [-0.05, 0) is 42.8 Å². The Morgan fingerprint density at radius 2 is 2.26 bits per heavy atom. The largest absolute Gasteiger partial charge is 0.467 e. The number of benzene rings is 1. The van der Waals surface area contributed by atoms with E-state index < -0.39 is 6.10 Å². The number of rotatable bonds is 6. The van der Waals surface area contributed by atoms with Crippen LogP contribution in [0.4, 0.5) is 0 Å². The molecule has 2 atom stereocenters. The zero-order valence-electron chi connectivity index (χ0n) is 12.8. The second-order valence-electron chi connectivity index (χ2n) is 5.25. The Kier molecular flexibility index (Phi) is 5.73. The van der Waals surface area contributed by atoms with Crippen LogP contribution < -0.4 is 5.32 Å². The molecule has 2 aromatic rings. The molecule has 0 aliphatic carbocycles. The second kappa shape index (κ2) is 7.97. The molecule has 1 heterocycles. The van der Waals surface area contributed by atoms with E-state index >= 15 is 0 Å². The molecule has 0 aliphatic rings. The molecule has 1 aromatic heterocycles. The van der Waals surface area contributed by atoms with E-state index in [0.717, 1.165) is 5.56 Å². The molecule has 0 bridgehead atoms. The summed E-state index contributed by atoms with van der Waals surface area (Å²) < 4.78 is 5.13. The van der Waals surface area contributed by atoms with Crippen LogP contribution in [0.3, 0.4) is 0 Å². The van der Waals surface area contributed by atoms with Gasteiger partial charge in [-0.25, -0.2) is 0 Å². The molecule has 0 spiro atoms. The average Bonchev–Trinajstić information content (AvgIpc) is 3.07. The van der Waals surface area contributed by atoms with Crippen molar-refractivity contribution in [1.82, 2.24) is 5.32 Å². The number of hydrogen-bond donors (Lipinski definition) is 2. The number of hydrogen-bond acceptors (Lipinski definition) is 4. The van der Waals surface area contributed by atoms with Crippen molar-refractivity contribution in [3.8, 4) is 6.07 Å². The highest BCUT2D eigenvalue weighted by Crippen LogP contribution is 2.18. The van der Waals surface area contributed by atoms with Gasteiger partial charge < -0.3 is 14.8 Å². The lowest BCUT2D eigenvalue weighted by Crippen LogP contribution is -2.32. The predicted octanol–water partition coefficient (Wildman–Crippen LogP) is 2.79. The highest BCUT2D eigenvalue weighted by atomic mass is 16.4. The van der Waals surface area contributed by atoms with E-state index in [-0.39, 0.29) is 11.9 Å². The van der Waals surface area contributed by atoms with Gasteiger partial charge in [0.05, 0.1) is 17.9 Å². The molecule has 118 valence electrons. The molecule has 0 aliphatic heterocycles. The number of carbonyl (C=O) groups excluding carboxylic acids is 1. The summed E-state index contributed by atoms with van der Waals surface area (Å²) in [5, 5.41) is 21.6. The van der Waals surface area contributed by atoms with Crippen molar-refractivity contribution >= 4 is 12.0 Å². The smallest absolute Gasteiger partial charge is 0.244 e. The SMILES string of the molecule is CC(CC(O)c1ccco1)NC(=O)/C=C/c1cccc(C#N)c1. The van der Waals surface area contributed by atoms with Crippen LogP contribution >= 0.6 is 0 Å². The number of nitrogens with one attached hydrogen (secondary N) is 1. The molecular formula is C18H18N2O3. The maximum Gasteiger partial charge on any atom is 0.244 e. The summed E-state index contributed by atoms with van der Waals surface area (Å²) in [7, 11) is 0. The summed E-state index contributed by atoms with van der Waals surface area (Å²) in [5.74, 6) is 0.224. The molecule has 1 aromatic carbocycles. The van der Waals surface area contributed by atoms with Crippen LogP contribution in [0, 0.1) is 11.3 Å². The molecule has 2 unspecified atom stereocenters. The van der Waals surface area contributed by atoms with Gasteiger partial charge in [-0.1, -0.05) is 12.1 Å². The first kappa shape index (κ1) is 16.5. The minimum Gasteiger partial charge on any atom is -0.467 e. The first-order valence-corrected chi connectivity index (χ1v) is 7.28. The predicted molar refractivity (Wildman–Crippen MR) is 86.1 cm³/mol. The maximum absolute atomic E-state index is 11.9. The van der Waals surface area contributed by atoms with Crippen molar-refractivity contribution in [2.75, 3.05) is 0 Å². The van der Waals surface area contributed by atoms with Crippen molar-refractivity contribution in [3.63, 3.8) is 0 Å². The van der Waals surface area contributed by atoms with Crippen LogP contribution in [0.2, 0.25) is 0 Å². The third-order valence-electron chi connectivity index (χ3n) is 3.28. The lowest BCUT2D eigenvalue weighted by Gasteiger charge is -2.15. The van der Waals surface area contributed by atoms with Crippen LogP contribution in [0.5, 0.6) is 0 Å². The fraction of sp³-hybridized carbons (Fsp3) is 0.222. The molecule has 5 heteroatoms. The van der Waals surface area contributed by atoms with Gasteiger partial charge in [0.15, 0.2) is 0 Å². The van der Waals surface area contributed by atoms with E-state index in [9.17, 15) is 9.90 Å². The molecule has 0 saturated heterocycles. The van der Waals surface area contributed by atoms with E-state index in [4.69, 9.17) is 9.68 Å². The minimum absolute atomic E-state index is 0.210. The van der Waals surface area contributed by atoms with E-state index in [1.807, 2.05) is 13.0 Å². The zero-order valence-corrected chi connectivity index (χ0v) is 12.8. The number of aliphatic hydroxyl groups excluding tert-OH is 1. The van der Waals surface area contributed by atoms with Crippen molar-refractivity contribution in [3.05, 3.63) is 65.6 Å². The van der Waals surface area contributed by atoms with Gasteiger partial charge in [0.25, 0.3) is 0 Å². The highest BCUT2D eigenvalue weighted by Gasteiger charge is 2.15. The van der Waals surface area contributed by atoms with Crippen molar-refractivity contribution in [2.24, 2.45) is 0 Å². The summed E-state index contributed by atoms with van der Waals surface area (Å²) in [4.78, 5) is 11.9. The summed E-state index contributed by atoms with van der Waals surface area (Å²) in [6, 6.07) is 12.2. The zero-order chi connectivity index (χ0) is 16.7. The van der Waals surface area contributed by atoms with Crippen LogP contribution in [0.25, 0.3) is 6.08 Å². The lowest BCUT2D eigenvalue weighted by molar-refractivity contribution is -0.117. The second-order valence-corrected chi connectivity index (χ2v) is 5.25. The average molecular weight is 310 g/mol.